The van der Waals surface area contributed by atoms with Crippen LogP contribution < -0.4 is 0 Å². The number of rotatable bonds is 1. The Kier molecular flexibility index (Phi) is 3.35. The van der Waals surface area contributed by atoms with E-state index in [1.807, 2.05) is 0 Å². The summed E-state index contributed by atoms with van der Waals surface area (Å²) in [6.07, 6.45) is -4.51. The second-order valence-corrected chi connectivity index (χ2v) is 5.34. The molecular formula is C9H10BrF3N4O. The number of fused-ring (bicyclic) bond motifs is 1. The molecule has 1 unspecified atom stereocenters. The Labute approximate surface area is 109 Å². The number of alkyl halides is 4. The summed E-state index contributed by atoms with van der Waals surface area (Å²) in [5.41, 5.74) is 0. The highest BCUT2D eigenvalue weighted by Crippen LogP contribution is 2.29. The SMILES string of the molecule is CC(Br)C(=O)N1CCn2c(nnc2C(F)(F)F)C1. The van der Waals surface area contributed by atoms with Gasteiger partial charge in [0.25, 0.3) is 0 Å². The minimum absolute atomic E-state index is 0.0534. The van der Waals surface area contributed by atoms with Crippen LogP contribution in [0.5, 0.6) is 0 Å². The van der Waals surface area contributed by atoms with Crippen LogP contribution in [0.2, 0.25) is 0 Å². The first-order valence-corrected chi connectivity index (χ1v) is 6.14. The number of carbonyl (C=O) groups excluding carboxylic acids is 1. The highest BCUT2D eigenvalue weighted by molar-refractivity contribution is 9.10. The van der Waals surface area contributed by atoms with E-state index in [-0.39, 0.29) is 36.2 Å². The zero-order valence-corrected chi connectivity index (χ0v) is 11.0. The number of nitrogens with zero attached hydrogens (tertiary/aromatic N) is 4. The Morgan fingerprint density at radius 2 is 2.06 bits per heavy atom. The first kappa shape index (κ1) is 13.3. The van der Waals surface area contributed by atoms with Gasteiger partial charge in [0.1, 0.15) is 0 Å². The van der Waals surface area contributed by atoms with Gasteiger partial charge in [-0.3, -0.25) is 4.79 Å². The Balaban J connectivity index is 2.23. The van der Waals surface area contributed by atoms with Gasteiger partial charge in [0.2, 0.25) is 11.7 Å². The molecule has 2 heterocycles. The Morgan fingerprint density at radius 3 is 2.61 bits per heavy atom. The van der Waals surface area contributed by atoms with Crippen molar-refractivity contribution < 1.29 is 18.0 Å². The first-order chi connectivity index (χ1) is 8.30. The van der Waals surface area contributed by atoms with Crippen molar-refractivity contribution in [2.45, 2.75) is 31.0 Å². The zero-order valence-electron chi connectivity index (χ0n) is 9.41. The molecule has 9 heteroatoms. The lowest BCUT2D eigenvalue weighted by atomic mass is 10.3. The molecule has 1 aliphatic heterocycles. The van der Waals surface area contributed by atoms with Gasteiger partial charge in [-0.05, 0) is 6.92 Å². The van der Waals surface area contributed by atoms with Crippen molar-refractivity contribution >= 4 is 21.8 Å². The van der Waals surface area contributed by atoms with Gasteiger partial charge in [-0.15, -0.1) is 10.2 Å². The van der Waals surface area contributed by atoms with E-state index < -0.39 is 12.0 Å². The van der Waals surface area contributed by atoms with Crippen LogP contribution in [-0.2, 0) is 24.1 Å². The van der Waals surface area contributed by atoms with E-state index in [4.69, 9.17) is 0 Å². The van der Waals surface area contributed by atoms with Crippen molar-refractivity contribution in [3.8, 4) is 0 Å². The third-order valence-electron chi connectivity index (χ3n) is 2.66. The zero-order chi connectivity index (χ0) is 13.5. The maximum absolute atomic E-state index is 12.6. The van der Waals surface area contributed by atoms with Crippen molar-refractivity contribution in [2.75, 3.05) is 6.54 Å². The lowest BCUT2D eigenvalue weighted by Gasteiger charge is -2.28. The number of hydrogen-bond donors (Lipinski definition) is 0. The van der Waals surface area contributed by atoms with Gasteiger partial charge in [-0.1, -0.05) is 15.9 Å². The second-order valence-electron chi connectivity index (χ2n) is 3.97. The number of carbonyl (C=O) groups is 1. The largest absolute Gasteiger partial charge is 0.451 e. The first-order valence-electron chi connectivity index (χ1n) is 5.23. The van der Waals surface area contributed by atoms with Crippen LogP contribution in [0.3, 0.4) is 0 Å². The molecular weight excluding hydrogens is 317 g/mol. The van der Waals surface area contributed by atoms with E-state index in [2.05, 4.69) is 26.1 Å². The number of hydrogen-bond acceptors (Lipinski definition) is 3. The predicted octanol–water partition coefficient (Wildman–Crippen LogP) is 1.42. The Hall–Kier alpha value is -1.12. The molecule has 0 fully saturated rings. The fraction of sp³-hybridized carbons (Fsp3) is 0.667. The summed E-state index contributed by atoms with van der Waals surface area (Å²) in [5.74, 6) is -1.01. The maximum Gasteiger partial charge on any atom is 0.451 e. The molecule has 0 aromatic carbocycles. The molecule has 0 spiro atoms. The summed E-state index contributed by atoms with van der Waals surface area (Å²) in [5, 5.41) is 6.64. The summed E-state index contributed by atoms with van der Waals surface area (Å²) in [4.78, 5) is 12.8. The second kappa shape index (κ2) is 4.52. The average molecular weight is 327 g/mol. The molecule has 5 nitrogen and oxygen atoms in total. The van der Waals surface area contributed by atoms with Gasteiger partial charge in [0.15, 0.2) is 5.82 Å². The average Bonchev–Trinajstić information content (AvgIpc) is 2.69. The molecule has 1 amide bonds. The Morgan fingerprint density at radius 1 is 1.39 bits per heavy atom. The van der Waals surface area contributed by atoms with E-state index in [9.17, 15) is 18.0 Å². The van der Waals surface area contributed by atoms with Crippen LogP contribution in [0, 0.1) is 0 Å². The van der Waals surface area contributed by atoms with Gasteiger partial charge < -0.3 is 9.47 Å². The molecule has 0 aliphatic carbocycles. The van der Waals surface area contributed by atoms with E-state index >= 15 is 0 Å². The van der Waals surface area contributed by atoms with Crippen molar-refractivity contribution in [3.05, 3.63) is 11.6 Å². The molecule has 0 saturated carbocycles. The predicted molar refractivity (Wildman–Crippen MR) is 58.8 cm³/mol. The van der Waals surface area contributed by atoms with Crippen molar-refractivity contribution in [3.63, 3.8) is 0 Å². The molecule has 0 saturated heterocycles. The van der Waals surface area contributed by atoms with E-state index in [1.165, 1.54) is 4.90 Å². The van der Waals surface area contributed by atoms with Gasteiger partial charge in [-0.2, -0.15) is 13.2 Å². The summed E-state index contributed by atoms with van der Waals surface area (Å²) in [7, 11) is 0. The van der Waals surface area contributed by atoms with Gasteiger partial charge in [0.05, 0.1) is 11.4 Å². The van der Waals surface area contributed by atoms with E-state index in [1.54, 1.807) is 6.92 Å². The van der Waals surface area contributed by atoms with Crippen LogP contribution >= 0.6 is 15.9 Å². The topological polar surface area (TPSA) is 51.0 Å². The van der Waals surface area contributed by atoms with Crippen LogP contribution in [0.15, 0.2) is 0 Å². The van der Waals surface area contributed by atoms with E-state index in [0.29, 0.717) is 0 Å². The molecule has 0 bridgehead atoms. The van der Waals surface area contributed by atoms with Crippen molar-refractivity contribution in [1.29, 1.82) is 0 Å². The fourth-order valence-electron chi connectivity index (χ4n) is 1.81. The molecule has 2 rings (SSSR count). The number of halogens is 4. The van der Waals surface area contributed by atoms with Gasteiger partial charge in [-0.25, -0.2) is 0 Å². The normalized spacial score (nSPS) is 17.5. The molecule has 1 aromatic heterocycles. The number of amides is 1. The number of aromatic nitrogens is 3. The Bertz CT molecular complexity index is 471. The minimum Gasteiger partial charge on any atom is -0.332 e. The summed E-state index contributed by atoms with van der Waals surface area (Å²) >= 11 is 3.14. The summed E-state index contributed by atoms with van der Waals surface area (Å²) < 4.78 is 38.8. The molecule has 1 aliphatic rings. The quantitative estimate of drug-likeness (QED) is 0.733. The molecule has 1 atom stereocenters. The van der Waals surface area contributed by atoms with Crippen molar-refractivity contribution in [2.24, 2.45) is 0 Å². The van der Waals surface area contributed by atoms with E-state index in [0.717, 1.165) is 4.57 Å². The molecule has 0 N–H and O–H groups in total. The molecule has 18 heavy (non-hydrogen) atoms. The van der Waals surface area contributed by atoms with Gasteiger partial charge >= 0.3 is 6.18 Å². The van der Waals surface area contributed by atoms with Crippen LogP contribution in [0.25, 0.3) is 0 Å². The summed E-state index contributed by atoms with van der Waals surface area (Å²) in [6, 6.07) is 0. The third-order valence-corrected chi connectivity index (χ3v) is 3.05. The van der Waals surface area contributed by atoms with Crippen LogP contribution in [-0.4, -0.2) is 36.9 Å². The monoisotopic (exact) mass is 326 g/mol. The highest BCUT2D eigenvalue weighted by Gasteiger charge is 2.40. The van der Waals surface area contributed by atoms with Gasteiger partial charge in [0, 0.05) is 13.1 Å². The summed E-state index contributed by atoms with van der Waals surface area (Å²) in [6.45, 7) is 2.01. The van der Waals surface area contributed by atoms with Crippen molar-refractivity contribution in [1.82, 2.24) is 19.7 Å². The molecule has 1 aromatic rings. The molecule has 0 radical (unpaired) electrons. The molecule has 100 valence electrons. The van der Waals surface area contributed by atoms with Crippen LogP contribution in [0.1, 0.15) is 18.6 Å². The highest BCUT2D eigenvalue weighted by atomic mass is 79.9. The third kappa shape index (κ3) is 2.36. The van der Waals surface area contributed by atoms with Crippen LogP contribution in [0.4, 0.5) is 13.2 Å². The fourth-order valence-corrected chi connectivity index (χ4v) is 2.10. The standard InChI is InChI=1S/C9H10BrF3N4O/c1-5(10)7(18)16-2-3-17-6(4-16)14-15-8(17)9(11,12)13/h5H,2-4H2,1H3. The maximum atomic E-state index is 12.6. The lowest BCUT2D eigenvalue weighted by Crippen LogP contribution is -2.42. The lowest BCUT2D eigenvalue weighted by molar-refractivity contribution is -0.148. The smallest absolute Gasteiger partial charge is 0.332 e. The minimum atomic E-state index is -4.51.